The molecule has 0 aliphatic rings. The number of rotatable bonds is 4. The van der Waals surface area contributed by atoms with Crippen LogP contribution in [0.2, 0.25) is 0 Å². The Balaban J connectivity index is 1.97. The molecule has 5 nitrogen and oxygen atoms in total. The van der Waals surface area contributed by atoms with E-state index in [4.69, 9.17) is 0 Å². The van der Waals surface area contributed by atoms with Crippen LogP contribution in [0, 0.1) is 6.92 Å². The van der Waals surface area contributed by atoms with Crippen LogP contribution in [0.5, 0.6) is 0 Å². The van der Waals surface area contributed by atoms with E-state index in [1.54, 1.807) is 12.1 Å². The summed E-state index contributed by atoms with van der Waals surface area (Å²) in [5, 5.41) is 11.2. The van der Waals surface area contributed by atoms with Gasteiger partial charge in [0.05, 0.1) is 16.1 Å². The molecule has 0 bridgehead atoms. The summed E-state index contributed by atoms with van der Waals surface area (Å²) < 4.78 is 26.7. The largest absolute Gasteiger partial charge is 0.428 e. The molecule has 3 aromatic rings. The molecule has 1 aromatic heterocycles. The van der Waals surface area contributed by atoms with Crippen molar-refractivity contribution in [1.82, 2.24) is 9.04 Å². The lowest BCUT2D eigenvalue weighted by atomic mass is 10.0. The van der Waals surface area contributed by atoms with Crippen molar-refractivity contribution in [3.8, 4) is 0 Å². The summed E-state index contributed by atoms with van der Waals surface area (Å²) in [7, 11) is -0.383. The average Bonchev–Trinajstić information content (AvgIpc) is 2.81. The summed E-state index contributed by atoms with van der Waals surface area (Å²) >= 11 is 0. The van der Waals surface area contributed by atoms with Gasteiger partial charge >= 0.3 is 0 Å². The molecule has 0 spiro atoms. The van der Waals surface area contributed by atoms with Crippen molar-refractivity contribution in [2.24, 2.45) is 0 Å². The highest BCUT2D eigenvalue weighted by atomic mass is 32.2. The number of aromatic nitrogens is 1. The van der Waals surface area contributed by atoms with Crippen LogP contribution in [0.15, 0.2) is 53.4 Å². The van der Waals surface area contributed by atoms with Crippen LogP contribution in [-0.2, 0) is 16.4 Å². The van der Waals surface area contributed by atoms with Gasteiger partial charge in [0.1, 0.15) is 0 Å². The predicted molar refractivity (Wildman–Crippen MR) is 94.0 cm³/mol. The van der Waals surface area contributed by atoms with Crippen LogP contribution in [0.3, 0.4) is 0 Å². The third-order valence-corrected chi connectivity index (χ3v) is 6.12. The van der Waals surface area contributed by atoms with E-state index in [1.807, 2.05) is 43.3 Å². The second-order valence-electron chi connectivity index (χ2n) is 6.00. The highest BCUT2D eigenvalue weighted by molar-refractivity contribution is 7.89. The molecule has 6 heteroatoms. The molecule has 0 unspecified atom stereocenters. The zero-order valence-electron chi connectivity index (χ0n) is 13.9. The van der Waals surface area contributed by atoms with Gasteiger partial charge in [-0.25, -0.2) is 12.7 Å². The van der Waals surface area contributed by atoms with Crippen molar-refractivity contribution in [2.45, 2.75) is 18.2 Å². The van der Waals surface area contributed by atoms with Gasteiger partial charge in [-0.15, -0.1) is 0 Å². The van der Waals surface area contributed by atoms with Crippen molar-refractivity contribution in [1.29, 1.82) is 0 Å². The monoisotopic (exact) mass is 344 g/mol. The van der Waals surface area contributed by atoms with Gasteiger partial charge in [0.2, 0.25) is 10.0 Å². The van der Waals surface area contributed by atoms with Crippen LogP contribution in [0.1, 0.15) is 16.8 Å². The average molecular weight is 344 g/mol. The lowest BCUT2D eigenvalue weighted by Crippen LogP contribution is -2.22. The Kier molecular flexibility index (Phi) is 4.11. The quantitative estimate of drug-likeness (QED) is 0.740. The smallest absolute Gasteiger partial charge is 0.242 e. The minimum absolute atomic E-state index is 0.276. The number of benzene rings is 2. The predicted octanol–water partition coefficient (Wildman–Crippen LogP) is 3.03. The van der Waals surface area contributed by atoms with Crippen LogP contribution in [0.25, 0.3) is 10.9 Å². The van der Waals surface area contributed by atoms with Crippen LogP contribution in [0.4, 0.5) is 0 Å². The Morgan fingerprint density at radius 1 is 1.04 bits per heavy atom. The highest BCUT2D eigenvalue weighted by Crippen LogP contribution is 2.27. The number of nitrogens with zero attached hydrogens (tertiary/aromatic N) is 2. The van der Waals surface area contributed by atoms with Crippen LogP contribution >= 0.6 is 0 Å². The minimum atomic E-state index is -3.42. The van der Waals surface area contributed by atoms with E-state index in [-0.39, 0.29) is 4.90 Å². The van der Waals surface area contributed by atoms with Gasteiger partial charge in [0, 0.05) is 19.5 Å². The molecule has 24 heavy (non-hydrogen) atoms. The molecule has 0 fully saturated rings. The highest BCUT2D eigenvalue weighted by Gasteiger charge is 2.17. The molecule has 0 saturated heterocycles. The van der Waals surface area contributed by atoms with E-state index >= 15 is 0 Å². The summed E-state index contributed by atoms with van der Waals surface area (Å²) in [6.45, 7) is 1.88. The first kappa shape index (κ1) is 16.5. The van der Waals surface area contributed by atoms with Gasteiger partial charge in [-0.05, 0) is 42.7 Å². The number of para-hydroxylation sites is 1. The molecule has 0 radical (unpaired) electrons. The van der Waals surface area contributed by atoms with E-state index in [0.717, 1.165) is 27.7 Å². The number of sulfonamides is 1. The minimum Gasteiger partial charge on any atom is -0.428 e. The van der Waals surface area contributed by atoms with E-state index in [2.05, 4.69) is 0 Å². The second-order valence-corrected chi connectivity index (χ2v) is 8.15. The fraction of sp³-hybridized carbons (Fsp3) is 0.222. The van der Waals surface area contributed by atoms with E-state index < -0.39 is 10.0 Å². The standard InChI is InChI=1S/C18H20N2O3S/c1-13-17(16-6-4-5-7-18(16)20(13)21)12-14-8-10-15(11-9-14)24(22,23)19(2)3/h4-11,21H,12H2,1-3H3. The SMILES string of the molecule is Cc1c(Cc2ccc(S(=O)(=O)N(C)C)cc2)c2ccccc2n1O. The van der Waals surface area contributed by atoms with Crippen molar-refractivity contribution < 1.29 is 13.6 Å². The number of hydrogen-bond acceptors (Lipinski definition) is 3. The van der Waals surface area contributed by atoms with Gasteiger partial charge in [0.25, 0.3) is 0 Å². The van der Waals surface area contributed by atoms with Crippen LogP contribution in [-0.4, -0.2) is 36.8 Å². The van der Waals surface area contributed by atoms with Gasteiger partial charge in [0.15, 0.2) is 0 Å². The third kappa shape index (κ3) is 2.68. The molecular weight excluding hydrogens is 324 g/mol. The maximum absolute atomic E-state index is 12.1. The first-order valence-electron chi connectivity index (χ1n) is 7.62. The lowest BCUT2D eigenvalue weighted by Gasteiger charge is -2.11. The molecule has 0 saturated carbocycles. The molecule has 3 rings (SSSR count). The summed E-state index contributed by atoms with van der Waals surface area (Å²) in [5.41, 5.74) is 3.60. The van der Waals surface area contributed by atoms with Gasteiger partial charge in [-0.1, -0.05) is 30.3 Å². The molecule has 0 aliphatic carbocycles. The maximum Gasteiger partial charge on any atom is 0.242 e. The molecule has 0 amide bonds. The van der Waals surface area contributed by atoms with Crippen LogP contribution < -0.4 is 0 Å². The lowest BCUT2D eigenvalue weighted by molar-refractivity contribution is 0.193. The molecule has 1 heterocycles. The summed E-state index contributed by atoms with van der Waals surface area (Å²) in [6, 6.07) is 14.6. The van der Waals surface area contributed by atoms with E-state index in [9.17, 15) is 13.6 Å². The van der Waals surface area contributed by atoms with Gasteiger partial charge in [-0.3, -0.25) is 0 Å². The molecule has 0 aliphatic heterocycles. The maximum atomic E-state index is 12.1. The first-order valence-corrected chi connectivity index (χ1v) is 9.06. The Hall–Kier alpha value is -2.31. The Morgan fingerprint density at radius 3 is 2.29 bits per heavy atom. The van der Waals surface area contributed by atoms with Crippen molar-refractivity contribution >= 4 is 20.9 Å². The van der Waals surface area contributed by atoms with Gasteiger partial charge in [-0.2, -0.15) is 4.73 Å². The molecule has 2 aromatic carbocycles. The van der Waals surface area contributed by atoms with Crippen molar-refractivity contribution in [2.75, 3.05) is 14.1 Å². The van der Waals surface area contributed by atoms with Gasteiger partial charge < -0.3 is 5.21 Å². The fourth-order valence-corrected chi connectivity index (χ4v) is 3.74. The zero-order valence-corrected chi connectivity index (χ0v) is 14.7. The zero-order chi connectivity index (χ0) is 17.5. The normalized spacial score (nSPS) is 12.2. The molecule has 0 atom stereocenters. The summed E-state index contributed by atoms with van der Waals surface area (Å²) in [4.78, 5) is 0.276. The molecular formula is C18H20N2O3S. The van der Waals surface area contributed by atoms with E-state index in [0.29, 0.717) is 6.42 Å². The van der Waals surface area contributed by atoms with Crippen molar-refractivity contribution in [3.05, 3.63) is 65.4 Å². The number of fused-ring (bicyclic) bond motifs is 1. The van der Waals surface area contributed by atoms with E-state index in [1.165, 1.54) is 23.1 Å². The Morgan fingerprint density at radius 2 is 1.67 bits per heavy atom. The molecule has 1 N–H and O–H groups in total. The summed E-state index contributed by atoms with van der Waals surface area (Å²) in [6.07, 6.45) is 0.627. The first-order chi connectivity index (χ1) is 11.3. The third-order valence-electron chi connectivity index (χ3n) is 4.29. The second kappa shape index (κ2) is 5.96. The Labute approximate surface area is 141 Å². The summed E-state index contributed by atoms with van der Waals surface area (Å²) in [5.74, 6) is 0. The Bertz CT molecular complexity index is 987. The fourth-order valence-electron chi connectivity index (χ4n) is 2.83. The van der Waals surface area contributed by atoms with Crippen molar-refractivity contribution in [3.63, 3.8) is 0 Å². The topological polar surface area (TPSA) is 62.5 Å². The number of hydrogen-bond donors (Lipinski definition) is 1. The molecule has 126 valence electrons.